The summed E-state index contributed by atoms with van der Waals surface area (Å²) in [5.74, 6) is 0.539. The first kappa shape index (κ1) is 11.7. The van der Waals surface area contributed by atoms with E-state index in [9.17, 15) is 0 Å². The van der Waals surface area contributed by atoms with Crippen molar-refractivity contribution in [2.45, 2.75) is 13.5 Å². The molecule has 1 aromatic carbocycles. The lowest BCUT2D eigenvalue weighted by molar-refractivity contribution is 0.522. The second-order valence-corrected chi connectivity index (χ2v) is 4.42. The molecule has 0 aromatic heterocycles. The lowest BCUT2D eigenvalue weighted by Gasteiger charge is -2.10. The predicted molar refractivity (Wildman–Crippen MR) is 64.1 cm³/mol. The lowest BCUT2D eigenvalue weighted by atomic mass is 10.1. The van der Waals surface area contributed by atoms with E-state index in [1.54, 1.807) is 0 Å². The van der Waals surface area contributed by atoms with Gasteiger partial charge in [0.25, 0.3) is 0 Å². The Morgan fingerprint density at radius 2 is 2.14 bits per heavy atom. The summed E-state index contributed by atoms with van der Waals surface area (Å²) in [4.78, 5) is 0. The molecule has 0 radical (unpaired) electrons. The van der Waals surface area contributed by atoms with Crippen LogP contribution in [-0.4, -0.2) is 13.1 Å². The lowest BCUT2D eigenvalue weighted by Crippen LogP contribution is -2.25. The first-order chi connectivity index (χ1) is 6.74. The van der Waals surface area contributed by atoms with E-state index in [2.05, 4.69) is 40.3 Å². The van der Waals surface area contributed by atoms with Crippen LogP contribution in [0.25, 0.3) is 0 Å². The van der Waals surface area contributed by atoms with Crippen LogP contribution in [0.15, 0.2) is 28.7 Å². The third-order valence-electron chi connectivity index (χ3n) is 2.17. The number of nitrogens with two attached hydrogens (primary N) is 1. The van der Waals surface area contributed by atoms with Gasteiger partial charge in [0.1, 0.15) is 0 Å². The van der Waals surface area contributed by atoms with Crippen LogP contribution in [0.2, 0.25) is 0 Å². The van der Waals surface area contributed by atoms with Gasteiger partial charge >= 0.3 is 0 Å². The Morgan fingerprint density at radius 3 is 2.79 bits per heavy atom. The highest BCUT2D eigenvalue weighted by Gasteiger charge is 2.00. The SMILES string of the molecule is CC(CN)CNCc1ccccc1Br. The monoisotopic (exact) mass is 256 g/mol. The fourth-order valence-corrected chi connectivity index (χ4v) is 1.60. The molecular weight excluding hydrogens is 240 g/mol. The van der Waals surface area contributed by atoms with E-state index in [0.29, 0.717) is 5.92 Å². The Morgan fingerprint density at radius 1 is 1.43 bits per heavy atom. The molecule has 1 rings (SSSR count). The molecule has 1 aromatic rings. The number of hydrogen-bond acceptors (Lipinski definition) is 2. The van der Waals surface area contributed by atoms with E-state index in [0.717, 1.165) is 24.1 Å². The van der Waals surface area contributed by atoms with Crippen molar-refractivity contribution in [3.05, 3.63) is 34.3 Å². The Labute approximate surface area is 94.0 Å². The molecule has 1 atom stereocenters. The zero-order valence-electron chi connectivity index (χ0n) is 8.46. The van der Waals surface area contributed by atoms with E-state index < -0.39 is 0 Å². The molecule has 0 bridgehead atoms. The molecule has 14 heavy (non-hydrogen) atoms. The fraction of sp³-hybridized carbons (Fsp3) is 0.455. The summed E-state index contributed by atoms with van der Waals surface area (Å²) in [6.07, 6.45) is 0. The fourth-order valence-electron chi connectivity index (χ4n) is 1.18. The number of hydrogen-bond donors (Lipinski definition) is 2. The smallest absolute Gasteiger partial charge is 0.0220 e. The molecular formula is C11H17BrN2. The van der Waals surface area contributed by atoms with Crippen molar-refractivity contribution in [3.63, 3.8) is 0 Å². The maximum absolute atomic E-state index is 5.53. The highest BCUT2D eigenvalue weighted by molar-refractivity contribution is 9.10. The Balaban J connectivity index is 2.35. The number of rotatable bonds is 5. The van der Waals surface area contributed by atoms with Gasteiger partial charge in [-0.1, -0.05) is 41.1 Å². The van der Waals surface area contributed by atoms with Gasteiger partial charge < -0.3 is 11.1 Å². The second kappa shape index (κ2) is 6.17. The molecule has 3 heteroatoms. The van der Waals surface area contributed by atoms with Gasteiger partial charge in [0.05, 0.1) is 0 Å². The largest absolute Gasteiger partial charge is 0.330 e. The number of nitrogens with one attached hydrogen (secondary N) is 1. The molecule has 0 spiro atoms. The van der Waals surface area contributed by atoms with E-state index >= 15 is 0 Å². The first-order valence-electron chi connectivity index (χ1n) is 4.88. The van der Waals surface area contributed by atoms with Crippen LogP contribution in [0.1, 0.15) is 12.5 Å². The van der Waals surface area contributed by atoms with Crippen LogP contribution in [0.3, 0.4) is 0 Å². The predicted octanol–water partition coefficient (Wildman–Crippen LogP) is 2.13. The average Bonchev–Trinajstić information content (AvgIpc) is 2.20. The molecule has 0 saturated heterocycles. The Bertz CT molecular complexity index is 276. The summed E-state index contributed by atoms with van der Waals surface area (Å²) < 4.78 is 1.16. The molecule has 78 valence electrons. The molecule has 0 fully saturated rings. The highest BCUT2D eigenvalue weighted by Crippen LogP contribution is 2.15. The van der Waals surface area contributed by atoms with E-state index in [1.165, 1.54) is 5.56 Å². The van der Waals surface area contributed by atoms with E-state index in [-0.39, 0.29) is 0 Å². The molecule has 0 aliphatic heterocycles. The van der Waals surface area contributed by atoms with Gasteiger partial charge in [-0.3, -0.25) is 0 Å². The summed E-state index contributed by atoms with van der Waals surface area (Å²) in [6.45, 7) is 4.75. The second-order valence-electron chi connectivity index (χ2n) is 3.56. The summed E-state index contributed by atoms with van der Waals surface area (Å²) in [6, 6.07) is 8.25. The Kier molecular flexibility index (Phi) is 5.15. The average molecular weight is 257 g/mol. The zero-order valence-corrected chi connectivity index (χ0v) is 10.0. The van der Waals surface area contributed by atoms with Crippen molar-refractivity contribution in [1.29, 1.82) is 0 Å². The molecule has 0 amide bonds. The minimum atomic E-state index is 0.539. The minimum Gasteiger partial charge on any atom is -0.330 e. The molecule has 0 aliphatic rings. The van der Waals surface area contributed by atoms with Crippen LogP contribution in [-0.2, 0) is 6.54 Å². The van der Waals surface area contributed by atoms with Gasteiger partial charge in [-0.2, -0.15) is 0 Å². The zero-order chi connectivity index (χ0) is 10.4. The molecule has 0 aliphatic carbocycles. The third-order valence-corrected chi connectivity index (χ3v) is 2.94. The van der Waals surface area contributed by atoms with Gasteiger partial charge in [0, 0.05) is 11.0 Å². The van der Waals surface area contributed by atoms with Gasteiger partial charge in [0.15, 0.2) is 0 Å². The maximum atomic E-state index is 5.53. The summed E-state index contributed by atoms with van der Waals surface area (Å²) in [5.41, 5.74) is 6.82. The van der Waals surface area contributed by atoms with Crippen LogP contribution < -0.4 is 11.1 Å². The van der Waals surface area contributed by atoms with E-state index in [1.807, 2.05) is 12.1 Å². The van der Waals surface area contributed by atoms with Crippen LogP contribution in [0, 0.1) is 5.92 Å². The summed E-state index contributed by atoms with van der Waals surface area (Å²) >= 11 is 3.52. The van der Waals surface area contributed by atoms with Gasteiger partial charge in [-0.25, -0.2) is 0 Å². The highest BCUT2D eigenvalue weighted by atomic mass is 79.9. The van der Waals surface area contributed by atoms with E-state index in [4.69, 9.17) is 5.73 Å². The molecule has 1 unspecified atom stereocenters. The maximum Gasteiger partial charge on any atom is 0.0220 e. The number of halogens is 1. The molecule has 3 N–H and O–H groups in total. The molecule has 0 heterocycles. The van der Waals surface area contributed by atoms with Gasteiger partial charge in [-0.05, 0) is 30.6 Å². The molecule has 2 nitrogen and oxygen atoms in total. The van der Waals surface area contributed by atoms with Crippen molar-refractivity contribution in [1.82, 2.24) is 5.32 Å². The Hall–Kier alpha value is -0.380. The normalized spacial score (nSPS) is 12.8. The third kappa shape index (κ3) is 3.78. The van der Waals surface area contributed by atoms with Crippen LogP contribution >= 0.6 is 15.9 Å². The summed E-state index contributed by atoms with van der Waals surface area (Å²) in [5, 5.41) is 3.38. The van der Waals surface area contributed by atoms with Crippen molar-refractivity contribution < 1.29 is 0 Å². The van der Waals surface area contributed by atoms with Crippen molar-refractivity contribution in [2.75, 3.05) is 13.1 Å². The quantitative estimate of drug-likeness (QED) is 0.848. The first-order valence-corrected chi connectivity index (χ1v) is 5.67. The minimum absolute atomic E-state index is 0.539. The van der Waals surface area contributed by atoms with Crippen LogP contribution in [0.4, 0.5) is 0 Å². The van der Waals surface area contributed by atoms with Crippen LogP contribution in [0.5, 0.6) is 0 Å². The summed E-state index contributed by atoms with van der Waals surface area (Å²) in [7, 11) is 0. The number of benzene rings is 1. The standard InChI is InChI=1S/C11H17BrN2/c1-9(6-13)7-14-8-10-4-2-3-5-11(10)12/h2-5,9,14H,6-8,13H2,1H3. The topological polar surface area (TPSA) is 38.0 Å². The molecule has 0 saturated carbocycles. The van der Waals surface area contributed by atoms with Gasteiger partial charge in [0.2, 0.25) is 0 Å². The van der Waals surface area contributed by atoms with Gasteiger partial charge in [-0.15, -0.1) is 0 Å². The van der Waals surface area contributed by atoms with Crippen molar-refractivity contribution in [3.8, 4) is 0 Å². The van der Waals surface area contributed by atoms with Crippen molar-refractivity contribution in [2.24, 2.45) is 11.7 Å². The van der Waals surface area contributed by atoms with Crippen molar-refractivity contribution >= 4 is 15.9 Å².